The highest BCUT2D eigenvalue weighted by Crippen LogP contribution is 2.39. The molecule has 0 saturated carbocycles. The number of methoxy groups -OCH3 is 1. The minimum absolute atomic E-state index is 0.251. The number of rotatable bonds is 4. The molecular formula is C11H23NO2. The van der Waals surface area contributed by atoms with Crippen molar-refractivity contribution in [1.29, 1.82) is 0 Å². The summed E-state index contributed by atoms with van der Waals surface area (Å²) in [5, 5.41) is 0. The lowest BCUT2D eigenvalue weighted by molar-refractivity contribution is -0.109. The Bertz CT molecular complexity index is 155. The van der Waals surface area contributed by atoms with Crippen LogP contribution < -0.4 is 5.73 Å². The lowest BCUT2D eigenvalue weighted by Gasteiger charge is -2.42. The maximum absolute atomic E-state index is 5.74. The molecule has 0 spiro atoms. The third-order valence-corrected chi connectivity index (χ3v) is 3.03. The molecule has 1 aliphatic heterocycles. The lowest BCUT2D eigenvalue weighted by Crippen LogP contribution is -2.42. The van der Waals surface area contributed by atoms with E-state index in [0.29, 0.717) is 12.2 Å². The summed E-state index contributed by atoms with van der Waals surface area (Å²) in [6, 6.07) is 0. The van der Waals surface area contributed by atoms with Gasteiger partial charge in [-0.1, -0.05) is 0 Å². The smallest absolute Gasteiger partial charge is 0.0556 e. The summed E-state index contributed by atoms with van der Waals surface area (Å²) in [7, 11) is 1.77. The van der Waals surface area contributed by atoms with Crippen LogP contribution in [0.15, 0.2) is 0 Å². The summed E-state index contributed by atoms with van der Waals surface area (Å²) in [5.74, 6) is 0. The Hall–Kier alpha value is -0.120. The van der Waals surface area contributed by atoms with E-state index >= 15 is 0 Å². The zero-order chi connectivity index (χ0) is 10.6. The standard InChI is InChI=1S/C11H23NO2/c1-9-6-11(4-5-12,8-13-3)7-10(2)14-9/h9-10H,4-8,12H2,1-3H3/t9-,10+,11?. The minimum atomic E-state index is 0.251. The summed E-state index contributed by atoms with van der Waals surface area (Å²) >= 11 is 0. The Morgan fingerprint density at radius 1 is 1.36 bits per heavy atom. The van der Waals surface area contributed by atoms with Crippen LogP contribution in [-0.2, 0) is 9.47 Å². The zero-order valence-corrected chi connectivity index (χ0v) is 9.58. The molecule has 0 aromatic carbocycles. The molecule has 0 amide bonds. The Balaban J connectivity index is 2.63. The second-order valence-electron chi connectivity index (χ2n) is 4.64. The molecule has 14 heavy (non-hydrogen) atoms. The van der Waals surface area contributed by atoms with Gasteiger partial charge in [0.1, 0.15) is 0 Å². The van der Waals surface area contributed by atoms with Gasteiger partial charge >= 0.3 is 0 Å². The highest BCUT2D eigenvalue weighted by Gasteiger charge is 2.37. The van der Waals surface area contributed by atoms with Crippen molar-refractivity contribution >= 4 is 0 Å². The first kappa shape index (κ1) is 12.0. The van der Waals surface area contributed by atoms with E-state index in [4.69, 9.17) is 15.2 Å². The summed E-state index contributed by atoms with van der Waals surface area (Å²) in [5.41, 5.74) is 5.92. The van der Waals surface area contributed by atoms with Crippen LogP contribution in [0.3, 0.4) is 0 Å². The van der Waals surface area contributed by atoms with Gasteiger partial charge in [-0.3, -0.25) is 0 Å². The van der Waals surface area contributed by atoms with Crippen molar-refractivity contribution in [2.75, 3.05) is 20.3 Å². The molecule has 0 aliphatic carbocycles. The van der Waals surface area contributed by atoms with Gasteiger partial charge in [-0.05, 0) is 45.1 Å². The van der Waals surface area contributed by atoms with E-state index in [1.54, 1.807) is 7.11 Å². The molecule has 0 aromatic rings. The fraction of sp³-hybridized carbons (Fsp3) is 1.00. The fourth-order valence-electron chi connectivity index (χ4n) is 2.80. The number of nitrogens with two attached hydrogens (primary N) is 1. The molecular weight excluding hydrogens is 178 g/mol. The summed E-state index contributed by atoms with van der Waals surface area (Å²) < 4.78 is 11.1. The average Bonchev–Trinajstić information content (AvgIpc) is 2.02. The van der Waals surface area contributed by atoms with Crippen LogP contribution >= 0.6 is 0 Å². The lowest BCUT2D eigenvalue weighted by atomic mass is 9.74. The molecule has 3 heteroatoms. The third-order valence-electron chi connectivity index (χ3n) is 3.03. The molecule has 1 rings (SSSR count). The fourth-order valence-corrected chi connectivity index (χ4v) is 2.80. The molecule has 3 atom stereocenters. The van der Waals surface area contributed by atoms with Gasteiger partial charge in [-0.15, -0.1) is 0 Å². The summed E-state index contributed by atoms with van der Waals surface area (Å²) in [4.78, 5) is 0. The Kier molecular flexibility index (Phi) is 4.35. The van der Waals surface area contributed by atoms with Crippen molar-refractivity contribution in [3.63, 3.8) is 0 Å². The Morgan fingerprint density at radius 3 is 2.36 bits per heavy atom. The van der Waals surface area contributed by atoms with E-state index in [9.17, 15) is 0 Å². The normalized spacial score (nSPS) is 38.6. The molecule has 1 saturated heterocycles. The van der Waals surface area contributed by atoms with Crippen molar-refractivity contribution in [3.05, 3.63) is 0 Å². The SMILES string of the molecule is COCC1(CCN)C[C@@H](C)O[C@@H](C)C1. The topological polar surface area (TPSA) is 44.5 Å². The Morgan fingerprint density at radius 2 is 1.93 bits per heavy atom. The number of hydrogen-bond donors (Lipinski definition) is 1. The second-order valence-corrected chi connectivity index (χ2v) is 4.64. The van der Waals surface area contributed by atoms with Gasteiger partial charge in [0.2, 0.25) is 0 Å². The molecule has 2 N–H and O–H groups in total. The van der Waals surface area contributed by atoms with Crippen molar-refractivity contribution in [1.82, 2.24) is 0 Å². The quantitative estimate of drug-likeness (QED) is 0.750. The van der Waals surface area contributed by atoms with Gasteiger partial charge in [-0.2, -0.15) is 0 Å². The van der Waals surface area contributed by atoms with Crippen molar-refractivity contribution in [2.24, 2.45) is 11.1 Å². The molecule has 1 fully saturated rings. The maximum Gasteiger partial charge on any atom is 0.0556 e. The summed E-state index contributed by atoms with van der Waals surface area (Å²) in [6.45, 7) is 5.82. The zero-order valence-electron chi connectivity index (χ0n) is 9.58. The molecule has 1 unspecified atom stereocenters. The van der Waals surface area contributed by atoms with Crippen LogP contribution in [0.5, 0.6) is 0 Å². The van der Waals surface area contributed by atoms with Crippen LogP contribution in [0.25, 0.3) is 0 Å². The van der Waals surface area contributed by atoms with E-state index < -0.39 is 0 Å². The van der Waals surface area contributed by atoms with Gasteiger partial charge in [0.15, 0.2) is 0 Å². The van der Waals surface area contributed by atoms with Crippen LogP contribution in [-0.4, -0.2) is 32.5 Å². The van der Waals surface area contributed by atoms with Crippen molar-refractivity contribution in [2.45, 2.75) is 45.3 Å². The first-order valence-corrected chi connectivity index (χ1v) is 5.46. The van der Waals surface area contributed by atoms with Crippen LogP contribution in [0.4, 0.5) is 0 Å². The van der Waals surface area contributed by atoms with Crippen LogP contribution in [0, 0.1) is 5.41 Å². The van der Waals surface area contributed by atoms with Gasteiger partial charge in [0, 0.05) is 7.11 Å². The highest BCUT2D eigenvalue weighted by molar-refractivity contribution is 4.87. The second kappa shape index (κ2) is 5.10. The monoisotopic (exact) mass is 201 g/mol. The largest absolute Gasteiger partial charge is 0.384 e. The van der Waals surface area contributed by atoms with E-state index in [-0.39, 0.29) is 5.41 Å². The van der Waals surface area contributed by atoms with E-state index in [1.165, 1.54) is 0 Å². The molecule has 0 radical (unpaired) electrons. The molecule has 1 aliphatic rings. The van der Waals surface area contributed by atoms with Crippen LogP contribution in [0.2, 0.25) is 0 Å². The van der Waals surface area contributed by atoms with Gasteiger partial charge < -0.3 is 15.2 Å². The van der Waals surface area contributed by atoms with Gasteiger partial charge in [-0.25, -0.2) is 0 Å². The third kappa shape index (κ3) is 2.94. The molecule has 0 bridgehead atoms. The molecule has 1 heterocycles. The predicted octanol–water partition coefficient (Wildman–Crippen LogP) is 1.56. The number of ether oxygens (including phenoxy) is 2. The minimum Gasteiger partial charge on any atom is -0.384 e. The molecule has 0 aromatic heterocycles. The Labute approximate surface area is 86.9 Å². The average molecular weight is 201 g/mol. The maximum atomic E-state index is 5.74. The summed E-state index contributed by atoms with van der Waals surface area (Å²) in [6.07, 6.45) is 3.85. The molecule has 84 valence electrons. The molecule has 3 nitrogen and oxygen atoms in total. The van der Waals surface area contributed by atoms with Gasteiger partial charge in [0.25, 0.3) is 0 Å². The van der Waals surface area contributed by atoms with E-state index in [1.807, 2.05) is 0 Å². The van der Waals surface area contributed by atoms with Gasteiger partial charge in [0.05, 0.1) is 18.8 Å². The van der Waals surface area contributed by atoms with E-state index in [2.05, 4.69) is 13.8 Å². The van der Waals surface area contributed by atoms with Crippen molar-refractivity contribution < 1.29 is 9.47 Å². The van der Waals surface area contributed by atoms with Crippen LogP contribution in [0.1, 0.15) is 33.1 Å². The van der Waals surface area contributed by atoms with E-state index in [0.717, 1.165) is 32.4 Å². The number of hydrogen-bond acceptors (Lipinski definition) is 3. The predicted molar refractivity (Wildman–Crippen MR) is 57.2 cm³/mol. The highest BCUT2D eigenvalue weighted by atomic mass is 16.5. The first-order chi connectivity index (χ1) is 6.62. The first-order valence-electron chi connectivity index (χ1n) is 5.46. The van der Waals surface area contributed by atoms with Crippen molar-refractivity contribution in [3.8, 4) is 0 Å².